The molecule has 0 aliphatic heterocycles. The number of hydrazone groups is 1. The molecule has 3 rings (SSSR count). The second kappa shape index (κ2) is 7.34. The molecule has 0 unspecified atom stereocenters. The van der Waals surface area contributed by atoms with Crippen molar-refractivity contribution in [2.75, 3.05) is 0 Å². The molecule has 1 aromatic heterocycles. The molecule has 1 heterocycles. The van der Waals surface area contributed by atoms with Crippen LogP contribution in [0.3, 0.4) is 0 Å². The highest BCUT2D eigenvalue weighted by Gasteiger charge is 2.07. The predicted octanol–water partition coefficient (Wildman–Crippen LogP) is 4.55. The predicted molar refractivity (Wildman–Crippen MR) is 97.3 cm³/mol. The Balaban J connectivity index is 1.72. The van der Waals surface area contributed by atoms with Crippen molar-refractivity contribution in [2.45, 2.75) is 0 Å². The smallest absolute Gasteiger partial charge is 0.271 e. The minimum atomic E-state index is -0.359. The van der Waals surface area contributed by atoms with Gasteiger partial charge in [-0.25, -0.2) is 5.43 Å². The van der Waals surface area contributed by atoms with Gasteiger partial charge in [0, 0.05) is 17.4 Å². The molecule has 0 radical (unpaired) electrons. The van der Waals surface area contributed by atoms with Gasteiger partial charge in [-0.05, 0) is 42.5 Å². The van der Waals surface area contributed by atoms with E-state index >= 15 is 0 Å². The van der Waals surface area contributed by atoms with Crippen LogP contribution in [0.2, 0.25) is 10.0 Å². The van der Waals surface area contributed by atoms with E-state index in [1.54, 1.807) is 18.3 Å². The van der Waals surface area contributed by atoms with Crippen molar-refractivity contribution in [3.8, 4) is 5.69 Å². The van der Waals surface area contributed by atoms with E-state index in [9.17, 15) is 4.79 Å². The number of hydrogen-bond donors (Lipinski definition) is 1. The molecular formula is C18H13Cl2N3O. The lowest BCUT2D eigenvalue weighted by Gasteiger charge is -2.05. The van der Waals surface area contributed by atoms with E-state index < -0.39 is 0 Å². The van der Waals surface area contributed by atoms with E-state index in [-0.39, 0.29) is 5.91 Å². The topological polar surface area (TPSA) is 46.4 Å². The van der Waals surface area contributed by atoms with Crippen LogP contribution in [0.25, 0.3) is 5.69 Å². The molecule has 6 heteroatoms. The van der Waals surface area contributed by atoms with Crippen molar-refractivity contribution >= 4 is 35.3 Å². The van der Waals surface area contributed by atoms with Crippen LogP contribution < -0.4 is 5.43 Å². The number of carbonyl (C=O) groups excluding carboxylic acids is 1. The molecule has 4 nitrogen and oxygen atoms in total. The number of hydrogen-bond acceptors (Lipinski definition) is 2. The SMILES string of the molecule is O=C(N/N=C\c1cccn1-c1ccccc1)c1ccc(Cl)c(Cl)c1. The van der Waals surface area contributed by atoms with Crippen LogP contribution in [0, 0.1) is 0 Å². The summed E-state index contributed by atoms with van der Waals surface area (Å²) in [6.07, 6.45) is 3.51. The maximum Gasteiger partial charge on any atom is 0.271 e. The van der Waals surface area contributed by atoms with Gasteiger partial charge >= 0.3 is 0 Å². The third-order valence-electron chi connectivity index (χ3n) is 3.36. The average molecular weight is 358 g/mol. The third kappa shape index (κ3) is 3.67. The summed E-state index contributed by atoms with van der Waals surface area (Å²) in [5, 5.41) is 4.73. The Hall–Kier alpha value is -2.56. The van der Waals surface area contributed by atoms with Crippen molar-refractivity contribution in [2.24, 2.45) is 5.10 Å². The Kier molecular flexibility index (Phi) is 4.99. The number of benzene rings is 2. The number of nitrogens with one attached hydrogen (secondary N) is 1. The lowest BCUT2D eigenvalue weighted by atomic mass is 10.2. The fraction of sp³-hybridized carbons (Fsp3) is 0. The molecule has 0 fully saturated rings. The molecule has 0 aliphatic carbocycles. The van der Waals surface area contributed by atoms with Crippen molar-refractivity contribution in [3.63, 3.8) is 0 Å². The first-order chi connectivity index (χ1) is 11.6. The molecule has 0 saturated heterocycles. The third-order valence-corrected chi connectivity index (χ3v) is 4.10. The molecular weight excluding hydrogens is 345 g/mol. The highest BCUT2D eigenvalue weighted by molar-refractivity contribution is 6.42. The molecule has 24 heavy (non-hydrogen) atoms. The van der Waals surface area contributed by atoms with E-state index in [2.05, 4.69) is 10.5 Å². The molecule has 0 aliphatic rings. The number of amides is 1. The highest BCUT2D eigenvalue weighted by Crippen LogP contribution is 2.22. The Morgan fingerprint density at radius 2 is 1.79 bits per heavy atom. The Morgan fingerprint density at radius 3 is 2.54 bits per heavy atom. The fourth-order valence-corrected chi connectivity index (χ4v) is 2.48. The summed E-state index contributed by atoms with van der Waals surface area (Å²) >= 11 is 11.7. The Morgan fingerprint density at radius 1 is 1.00 bits per heavy atom. The van der Waals surface area contributed by atoms with Gasteiger partial charge in [0.05, 0.1) is 22.0 Å². The van der Waals surface area contributed by atoms with Gasteiger partial charge in [-0.3, -0.25) is 4.79 Å². The number of rotatable bonds is 4. The maximum atomic E-state index is 12.1. The number of para-hydroxylation sites is 1. The van der Waals surface area contributed by atoms with E-state index in [4.69, 9.17) is 23.2 Å². The largest absolute Gasteiger partial charge is 0.316 e. The zero-order chi connectivity index (χ0) is 16.9. The molecule has 120 valence electrons. The van der Waals surface area contributed by atoms with Crippen LogP contribution in [-0.4, -0.2) is 16.7 Å². The molecule has 3 aromatic rings. The molecule has 0 bridgehead atoms. The number of halogens is 2. The molecule has 0 saturated carbocycles. The molecule has 0 atom stereocenters. The summed E-state index contributed by atoms with van der Waals surface area (Å²) in [6.45, 7) is 0. The fourth-order valence-electron chi connectivity index (χ4n) is 2.18. The van der Waals surface area contributed by atoms with Gasteiger partial charge in [-0.1, -0.05) is 41.4 Å². The molecule has 1 amide bonds. The summed E-state index contributed by atoms with van der Waals surface area (Å²) in [5.41, 5.74) is 4.72. The van der Waals surface area contributed by atoms with Crippen LogP contribution in [0.1, 0.15) is 16.1 Å². The normalized spacial score (nSPS) is 10.9. The summed E-state index contributed by atoms with van der Waals surface area (Å²) in [4.78, 5) is 12.1. The number of aromatic nitrogens is 1. The van der Waals surface area contributed by atoms with Crippen molar-refractivity contribution in [1.29, 1.82) is 0 Å². The second-order valence-electron chi connectivity index (χ2n) is 4.97. The summed E-state index contributed by atoms with van der Waals surface area (Å²) < 4.78 is 1.97. The number of carbonyl (C=O) groups is 1. The van der Waals surface area contributed by atoms with Crippen molar-refractivity contribution < 1.29 is 4.79 Å². The summed E-state index contributed by atoms with van der Waals surface area (Å²) in [5.74, 6) is -0.359. The average Bonchev–Trinajstić information content (AvgIpc) is 3.06. The van der Waals surface area contributed by atoms with Gasteiger partial charge in [-0.2, -0.15) is 5.10 Å². The van der Waals surface area contributed by atoms with Crippen LogP contribution in [0.5, 0.6) is 0 Å². The van der Waals surface area contributed by atoms with Crippen LogP contribution in [-0.2, 0) is 0 Å². The van der Waals surface area contributed by atoms with Gasteiger partial charge in [0.2, 0.25) is 0 Å². The van der Waals surface area contributed by atoms with E-state index in [0.29, 0.717) is 15.6 Å². The van der Waals surface area contributed by atoms with Crippen molar-refractivity contribution in [3.05, 3.63) is 88.2 Å². The first-order valence-electron chi connectivity index (χ1n) is 7.16. The lowest BCUT2D eigenvalue weighted by Crippen LogP contribution is -2.17. The van der Waals surface area contributed by atoms with Crippen LogP contribution in [0.15, 0.2) is 72.0 Å². The van der Waals surface area contributed by atoms with E-state index in [1.807, 2.05) is 53.2 Å². The zero-order valence-electron chi connectivity index (χ0n) is 12.5. The minimum Gasteiger partial charge on any atom is -0.316 e. The molecule has 2 aromatic carbocycles. The summed E-state index contributed by atoms with van der Waals surface area (Å²) in [6, 6.07) is 18.3. The number of nitrogens with zero attached hydrogens (tertiary/aromatic N) is 2. The zero-order valence-corrected chi connectivity index (χ0v) is 14.0. The summed E-state index contributed by atoms with van der Waals surface area (Å²) in [7, 11) is 0. The Bertz CT molecular complexity index is 888. The first kappa shape index (κ1) is 16.3. The molecule has 1 N–H and O–H groups in total. The highest BCUT2D eigenvalue weighted by atomic mass is 35.5. The van der Waals surface area contributed by atoms with Gasteiger partial charge in [-0.15, -0.1) is 0 Å². The first-order valence-corrected chi connectivity index (χ1v) is 7.92. The van der Waals surface area contributed by atoms with Crippen LogP contribution >= 0.6 is 23.2 Å². The molecule has 0 spiro atoms. The lowest BCUT2D eigenvalue weighted by molar-refractivity contribution is 0.0955. The van der Waals surface area contributed by atoms with E-state index in [0.717, 1.165) is 11.4 Å². The van der Waals surface area contributed by atoms with Gasteiger partial charge in [0.25, 0.3) is 5.91 Å². The maximum absolute atomic E-state index is 12.1. The quantitative estimate of drug-likeness (QED) is 0.540. The van der Waals surface area contributed by atoms with Crippen molar-refractivity contribution in [1.82, 2.24) is 9.99 Å². The monoisotopic (exact) mass is 357 g/mol. The van der Waals surface area contributed by atoms with Gasteiger partial charge in [0.15, 0.2) is 0 Å². The minimum absolute atomic E-state index is 0.325. The van der Waals surface area contributed by atoms with Gasteiger partial charge < -0.3 is 4.57 Å². The standard InChI is InChI=1S/C18H13Cl2N3O/c19-16-9-8-13(11-17(16)20)18(24)22-21-12-15-7-4-10-23(15)14-5-2-1-3-6-14/h1-12H,(H,22,24)/b21-12-. The second-order valence-corrected chi connectivity index (χ2v) is 5.78. The Labute approximate surface area is 149 Å². The van der Waals surface area contributed by atoms with Gasteiger partial charge in [0.1, 0.15) is 0 Å². The van der Waals surface area contributed by atoms with E-state index in [1.165, 1.54) is 6.07 Å². The van der Waals surface area contributed by atoms with Crippen LogP contribution in [0.4, 0.5) is 0 Å².